The number of carbonyl (C=O) groups is 2. The molecule has 0 atom stereocenters. The molecule has 1 aromatic carbocycles. The van der Waals surface area contributed by atoms with Gasteiger partial charge in [0.15, 0.2) is 0 Å². The van der Waals surface area contributed by atoms with E-state index in [-0.39, 0.29) is 11.9 Å². The van der Waals surface area contributed by atoms with Crippen molar-refractivity contribution in [2.24, 2.45) is 0 Å². The Morgan fingerprint density at radius 1 is 1.09 bits per heavy atom. The summed E-state index contributed by atoms with van der Waals surface area (Å²) in [5.74, 6) is -0.516. The van der Waals surface area contributed by atoms with Crippen molar-refractivity contribution in [3.63, 3.8) is 0 Å². The lowest BCUT2D eigenvalue weighted by molar-refractivity contribution is 0.0526. The molecule has 0 spiro atoms. The number of carbonyl (C=O) groups excluding carboxylic acids is 2. The number of thiophene rings is 1. The Kier molecular flexibility index (Phi) is 6.17. The maximum atomic E-state index is 13.8. The Hall–Kier alpha value is -2.77. The van der Waals surface area contributed by atoms with Crippen molar-refractivity contribution in [3.8, 4) is 0 Å². The molecule has 3 heterocycles. The highest BCUT2D eigenvalue weighted by Gasteiger charge is 2.30. The molecule has 0 saturated carbocycles. The molecule has 0 bridgehead atoms. The number of pyridine rings is 1. The average molecular weight is 464 g/mol. The van der Waals surface area contributed by atoms with Crippen LogP contribution in [0, 0.1) is 0 Å². The van der Waals surface area contributed by atoms with Gasteiger partial charge in [-0.05, 0) is 50.8 Å². The third-order valence-electron chi connectivity index (χ3n) is 6.68. The van der Waals surface area contributed by atoms with Crippen LogP contribution in [0.3, 0.4) is 0 Å². The Morgan fingerprint density at radius 3 is 2.73 bits per heavy atom. The van der Waals surface area contributed by atoms with Gasteiger partial charge in [-0.3, -0.25) is 14.7 Å². The summed E-state index contributed by atoms with van der Waals surface area (Å²) in [6, 6.07) is 7.83. The Morgan fingerprint density at radius 2 is 1.91 bits per heavy atom. The second kappa shape index (κ2) is 9.23. The monoisotopic (exact) mass is 463 g/mol. The Bertz CT molecular complexity index is 1230. The van der Waals surface area contributed by atoms with E-state index in [4.69, 9.17) is 9.72 Å². The van der Waals surface area contributed by atoms with Crippen LogP contribution in [0.15, 0.2) is 24.3 Å². The maximum Gasteiger partial charge on any atom is 0.341 e. The molecule has 2 aliphatic rings. The van der Waals surface area contributed by atoms with E-state index in [0.29, 0.717) is 29.3 Å². The van der Waals surface area contributed by atoms with Gasteiger partial charge in [-0.25, -0.2) is 4.79 Å². The third kappa shape index (κ3) is 4.04. The summed E-state index contributed by atoms with van der Waals surface area (Å²) in [6.45, 7) is 6.84. The highest BCUT2D eigenvalue weighted by molar-refractivity contribution is 7.17. The van der Waals surface area contributed by atoms with Crippen LogP contribution in [-0.4, -0.2) is 41.5 Å². The van der Waals surface area contributed by atoms with Crippen LogP contribution in [0.4, 0.5) is 5.00 Å². The van der Waals surface area contributed by atoms with Gasteiger partial charge in [0.05, 0.1) is 23.3 Å². The van der Waals surface area contributed by atoms with Gasteiger partial charge in [0.25, 0.3) is 5.91 Å². The van der Waals surface area contributed by atoms with Crippen LogP contribution < -0.4 is 5.32 Å². The van der Waals surface area contributed by atoms with Gasteiger partial charge >= 0.3 is 5.97 Å². The van der Waals surface area contributed by atoms with Gasteiger partial charge in [-0.1, -0.05) is 25.1 Å². The van der Waals surface area contributed by atoms with Crippen molar-refractivity contribution in [2.75, 3.05) is 25.0 Å². The van der Waals surface area contributed by atoms with Crippen molar-refractivity contribution in [1.82, 2.24) is 9.88 Å². The molecule has 0 fully saturated rings. The number of likely N-dealkylation sites (N-methyl/N-ethyl adjacent to an activating group) is 1. The lowest BCUT2D eigenvalue weighted by Gasteiger charge is -2.29. The molecule has 33 heavy (non-hydrogen) atoms. The molecule has 7 heteroatoms. The quantitative estimate of drug-likeness (QED) is 0.540. The molecule has 1 amide bonds. The van der Waals surface area contributed by atoms with Crippen LogP contribution >= 0.6 is 11.3 Å². The summed E-state index contributed by atoms with van der Waals surface area (Å²) in [4.78, 5) is 35.1. The van der Waals surface area contributed by atoms with Crippen molar-refractivity contribution in [3.05, 3.63) is 57.1 Å². The third-order valence-corrected chi connectivity index (χ3v) is 7.88. The molecule has 0 unspecified atom stereocenters. The van der Waals surface area contributed by atoms with E-state index < -0.39 is 0 Å². The second-order valence-corrected chi connectivity index (χ2v) is 9.74. The maximum absolute atomic E-state index is 13.8. The molecule has 2 aromatic heterocycles. The predicted molar refractivity (Wildman–Crippen MR) is 131 cm³/mol. The number of aryl methyl sites for hydroxylation is 1. The number of esters is 1. The number of benzene rings is 1. The van der Waals surface area contributed by atoms with Gasteiger partial charge < -0.3 is 10.1 Å². The normalized spacial score (nSPS) is 15.7. The number of para-hydroxylation sites is 1. The van der Waals surface area contributed by atoms with E-state index in [1.54, 1.807) is 0 Å². The number of ether oxygens (including phenoxy) is 1. The summed E-state index contributed by atoms with van der Waals surface area (Å²) in [5.41, 5.74) is 5.11. The van der Waals surface area contributed by atoms with E-state index in [1.165, 1.54) is 16.2 Å². The minimum Gasteiger partial charge on any atom is -0.462 e. The van der Waals surface area contributed by atoms with E-state index in [9.17, 15) is 9.59 Å². The smallest absolute Gasteiger partial charge is 0.341 e. The molecule has 1 N–H and O–H groups in total. The SMILES string of the molecule is CCOC(=O)c1c(NC(=O)c2c3c(nc4ccccc24)CCN(CC)C3)sc2c1CCCC2. The van der Waals surface area contributed by atoms with Crippen LogP contribution in [0.2, 0.25) is 0 Å². The van der Waals surface area contributed by atoms with Gasteiger partial charge in [0, 0.05) is 41.0 Å². The fraction of sp³-hybridized carbons (Fsp3) is 0.423. The molecule has 1 aliphatic heterocycles. The fourth-order valence-electron chi connectivity index (χ4n) is 5.01. The summed E-state index contributed by atoms with van der Waals surface area (Å²) in [6.07, 6.45) is 4.79. The minimum atomic E-state index is -0.342. The number of nitrogens with zero attached hydrogens (tertiary/aromatic N) is 2. The summed E-state index contributed by atoms with van der Waals surface area (Å²) >= 11 is 1.53. The second-order valence-electron chi connectivity index (χ2n) is 8.64. The summed E-state index contributed by atoms with van der Waals surface area (Å²) in [7, 11) is 0. The van der Waals surface area contributed by atoms with E-state index >= 15 is 0 Å². The highest BCUT2D eigenvalue weighted by atomic mass is 32.1. The zero-order valence-electron chi connectivity index (χ0n) is 19.2. The highest BCUT2D eigenvalue weighted by Crippen LogP contribution is 2.39. The number of hydrogen-bond donors (Lipinski definition) is 1. The molecule has 172 valence electrons. The molecule has 3 aromatic rings. The number of nitrogens with one attached hydrogen (secondary N) is 1. The van der Waals surface area contributed by atoms with E-state index in [1.807, 2.05) is 31.2 Å². The first kappa shape index (κ1) is 22.0. The number of fused-ring (bicyclic) bond motifs is 3. The summed E-state index contributed by atoms with van der Waals surface area (Å²) < 4.78 is 5.37. The standard InChI is InChI=1S/C26H29N3O3S/c1-3-29-14-13-20-18(15-29)22(16-9-5-7-11-19(16)27-20)24(30)28-25-23(26(31)32-4-2)17-10-6-8-12-21(17)33-25/h5,7,9,11H,3-4,6,8,10,12-15H2,1-2H3,(H,28,30). The Balaban J connectivity index is 1.60. The topological polar surface area (TPSA) is 71.5 Å². The van der Waals surface area contributed by atoms with Gasteiger partial charge in [0.2, 0.25) is 0 Å². The number of amides is 1. The van der Waals surface area contributed by atoms with Crippen molar-refractivity contribution in [2.45, 2.75) is 52.5 Å². The van der Waals surface area contributed by atoms with E-state index in [2.05, 4.69) is 17.1 Å². The predicted octanol–water partition coefficient (Wildman–Crippen LogP) is 4.98. The van der Waals surface area contributed by atoms with Crippen molar-refractivity contribution >= 4 is 39.1 Å². The van der Waals surface area contributed by atoms with Gasteiger partial charge in [-0.15, -0.1) is 11.3 Å². The van der Waals surface area contributed by atoms with E-state index in [0.717, 1.165) is 72.9 Å². The van der Waals surface area contributed by atoms with Crippen molar-refractivity contribution in [1.29, 1.82) is 0 Å². The van der Waals surface area contributed by atoms with Crippen LogP contribution in [-0.2, 0) is 30.5 Å². The first-order chi connectivity index (χ1) is 16.1. The van der Waals surface area contributed by atoms with Crippen LogP contribution in [0.1, 0.15) is 69.1 Å². The van der Waals surface area contributed by atoms with Gasteiger partial charge in [0.1, 0.15) is 5.00 Å². The fourth-order valence-corrected chi connectivity index (χ4v) is 6.29. The number of aromatic nitrogens is 1. The zero-order chi connectivity index (χ0) is 22.9. The molecule has 6 nitrogen and oxygen atoms in total. The van der Waals surface area contributed by atoms with Crippen LogP contribution in [0.25, 0.3) is 10.9 Å². The molecular formula is C26H29N3O3S. The van der Waals surface area contributed by atoms with Crippen LogP contribution in [0.5, 0.6) is 0 Å². The first-order valence-electron chi connectivity index (χ1n) is 11.9. The molecule has 0 radical (unpaired) electrons. The minimum absolute atomic E-state index is 0.174. The lowest BCUT2D eigenvalue weighted by atomic mass is 9.94. The first-order valence-corrected chi connectivity index (χ1v) is 12.7. The number of rotatable bonds is 5. The number of hydrogen-bond acceptors (Lipinski definition) is 6. The Labute approximate surface area is 198 Å². The molecule has 5 rings (SSSR count). The van der Waals surface area contributed by atoms with Crippen molar-refractivity contribution < 1.29 is 14.3 Å². The largest absolute Gasteiger partial charge is 0.462 e. The number of anilines is 1. The zero-order valence-corrected chi connectivity index (χ0v) is 20.0. The van der Waals surface area contributed by atoms with Gasteiger partial charge in [-0.2, -0.15) is 0 Å². The average Bonchev–Trinajstić information content (AvgIpc) is 3.20. The molecule has 1 aliphatic carbocycles. The lowest BCUT2D eigenvalue weighted by Crippen LogP contribution is -2.33. The molecule has 0 saturated heterocycles. The summed E-state index contributed by atoms with van der Waals surface area (Å²) in [5, 5.41) is 4.60. The molecular weight excluding hydrogens is 434 g/mol.